The average molecular weight is 502 g/mol. The first kappa shape index (κ1) is 25.5. The van der Waals surface area contributed by atoms with Crippen LogP contribution in [0.3, 0.4) is 0 Å². The van der Waals surface area contributed by atoms with Crippen molar-refractivity contribution in [1.29, 1.82) is 0 Å². The summed E-state index contributed by atoms with van der Waals surface area (Å²) in [5.74, 6) is 1.09. The van der Waals surface area contributed by atoms with E-state index in [1.165, 1.54) is 0 Å². The normalized spacial score (nSPS) is 18.5. The molecule has 0 unspecified atom stereocenters. The van der Waals surface area contributed by atoms with Crippen LogP contribution in [0, 0.1) is 5.41 Å². The fourth-order valence-electron chi connectivity index (χ4n) is 4.90. The molecule has 0 bridgehead atoms. The number of piperazine rings is 1. The van der Waals surface area contributed by atoms with E-state index < -0.39 is 0 Å². The van der Waals surface area contributed by atoms with Gasteiger partial charge in [0.25, 0.3) is 0 Å². The summed E-state index contributed by atoms with van der Waals surface area (Å²) < 4.78 is 7.98. The van der Waals surface area contributed by atoms with Gasteiger partial charge < -0.3 is 19.4 Å². The first-order chi connectivity index (χ1) is 16.8. The average Bonchev–Trinajstić information content (AvgIpc) is 3.27. The number of rotatable bonds is 8. The Morgan fingerprint density at radius 1 is 0.943 bits per heavy atom. The van der Waals surface area contributed by atoms with Crippen molar-refractivity contribution >= 4 is 23.4 Å². The second-order valence-electron chi connectivity index (χ2n) is 9.93. The highest BCUT2D eigenvalue weighted by Crippen LogP contribution is 2.37. The van der Waals surface area contributed by atoms with E-state index in [0.29, 0.717) is 44.0 Å². The van der Waals surface area contributed by atoms with Crippen LogP contribution in [-0.4, -0.2) is 89.2 Å². The second kappa shape index (κ2) is 11.4. The Balaban J connectivity index is 1.37. The Morgan fingerprint density at radius 3 is 2.23 bits per heavy atom. The molecule has 0 aliphatic carbocycles. The van der Waals surface area contributed by atoms with E-state index in [-0.39, 0.29) is 17.2 Å². The molecule has 2 saturated heterocycles. The lowest BCUT2D eigenvalue weighted by Gasteiger charge is -2.43. The van der Waals surface area contributed by atoms with Crippen LogP contribution in [0.25, 0.3) is 0 Å². The maximum Gasteiger partial charge on any atom is 0.223 e. The molecule has 0 N–H and O–H groups in total. The third-order valence-electron chi connectivity index (χ3n) is 7.44. The molecule has 2 aliphatic heterocycles. The van der Waals surface area contributed by atoms with Crippen molar-refractivity contribution in [2.24, 2.45) is 12.5 Å². The van der Waals surface area contributed by atoms with Gasteiger partial charge in [-0.25, -0.2) is 0 Å². The summed E-state index contributed by atoms with van der Waals surface area (Å²) in [5.41, 5.74) is 0.762. The number of aryl methyl sites for hydroxylation is 2. The van der Waals surface area contributed by atoms with Crippen LogP contribution >= 0.6 is 11.6 Å². The number of hydrogen-bond acceptors (Lipinski definition) is 5. The van der Waals surface area contributed by atoms with Gasteiger partial charge in [0.1, 0.15) is 5.75 Å². The predicted molar refractivity (Wildman–Crippen MR) is 135 cm³/mol. The third kappa shape index (κ3) is 6.76. The lowest BCUT2D eigenvalue weighted by atomic mass is 9.75. The third-order valence-corrected chi connectivity index (χ3v) is 7.69. The van der Waals surface area contributed by atoms with Crippen LogP contribution in [0.1, 0.15) is 31.4 Å². The number of likely N-dealkylation sites (N-methyl/N-ethyl adjacent to an activating group) is 1. The summed E-state index contributed by atoms with van der Waals surface area (Å²) in [6, 6.07) is 9.28. The number of benzene rings is 1. The molecule has 2 aromatic rings. The summed E-state index contributed by atoms with van der Waals surface area (Å²) in [4.78, 5) is 32.3. The molecule has 1 aromatic carbocycles. The minimum atomic E-state index is -0.293. The van der Waals surface area contributed by atoms with Gasteiger partial charge in [-0.1, -0.05) is 11.6 Å². The molecular formula is C26H36ClN5O3. The number of carbonyl (C=O) groups is 2. The molecule has 1 aromatic heterocycles. The van der Waals surface area contributed by atoms with Crippen LogP contribution in [0.4, 0.5) is 0 Å². The van der Waals surface area contributed by atoms with Gasteiger partial charge in [0.05, 0.1) is 6.61 Å². The number of hydrogen-bond donors (Lipinski definition) is 0. The number of amides is 2. The minimum absolute atomic E-state index is 0.156. The summed E-state index contributed by atoms with van der Waals surface area (Å²) in [7, 11) is 3.98. The van der Waals surface area contributed by atoms with Gasteiger partial charge in [0, 0.05) is 81.5 Å². The molecule has 0 atom stereocenters. The molecule has 8 nitrogen and oxygen atoms in total. The Kier molecular flexibility index (Phi) is 8.34. The highest BCUT2D eigenvalue weighted by Gasteiger charge is 2.40. The zero-order valence-electron chi connectivity index (χ0n) is 20.8. The van der Waals surface area contributed by atoms with Crippen LogP contribution in [0.15, 0.2) is 36.5 Å². The number of nitrogens with zero attached hydrogens (tertiary/aromatic N) is 5. The number of piperidine rings is 1. The van der Waals surface area contributed by atoms with Gasteiger partial charge in [0.15, 0.2) is 0 Å². The maximum absolute atomic E-state index is 13.3. The van der Waals surface area contributed by atoms with Gasteiger partial charge in [-0.15, -0.1) is 0 Å². The fourth-order valence-corrected chi connectivity index (χ4v) is 5.02. The van der Waals surface area contributed by atoms with Gasteiger partial charge >= 0.3 is 0 Å². The lowest BCUT2D eigenvalue weighted by Crippen LogP contribution is -2.51. The molecule has 0 radical (unpaired) electrons. The standard InChI is InChI=1S/C26H36ClN5O3/c1-29-15-17-32(18-16-29)25(34)19-26(20-35-23-6-3-21(27)4-7-23)10-13-31(14-11-26)24(33)8-5-22-9-12-28-30(22)2/h3-4,6-7,9,12H,5,8,10-11,13-20H2,1-2H3. The summed E-state index contributed by atoms with van der Waals surface area (Å²) in [6.07, 6.45) is 4.84. The van der Waals surface area contributed by atoms with Gasteiger partial charge in [-0.2, -0.15) is 5.10 Å². The molecule has 2 aliphatic rings. The topological polar surface area (TPSA) is 70.9 Å². The van der Waals surface area contributed by atoms with Crippen molar-refractivity contribution in [3.05, 3.63) is 47.2 Å². The van der Waals surface area contributed by atoms with E-state index in [4.69, 9.17) is 16.3 Å². The summed E-state index contributed by atoms with van der Waals surface area (Å²) in [6.45, 7) is 5.07. The largest absolute Gasteiger partial charge is 0.493 e. The van der Waals surface area contributed by atoms with Gasteiger partial charge in [0.2, 0.25) is 11.8 Å². The van der Waals surface area contributed by atoms with E-state index in [9.17, 15) is 9.59 Å². The molecule has 2 amide bonds. The van der Waals surface area contributed by atoms with Crippen molar-refractivity contribution < 1.29 is 14.3 Å². The zero-order chi connectivity index (χ0) is 24.8. The highest BCUT2D eigenvalue weighted by atomic mass is 35.5. The predicted octanol–water partition coefficient (Wildman–Crippen LogP) is 2.86. The SMILES string of the molecule is CN1CCN(C(=O)CC2(COc3ccc(Cl)cc3)CCN(C(=O)CCc3ccnn3C)CC2)CC1. The van der Waals surface area contributed by atoms with Crippen LogP contribution < -0.4 is 4.74 Å². The number of likely N-dealkylation sites (tertiary alicyclic amines) is 1. The quantitative estimate of drug-likeness (QED) is 0.556. The molecule has 4 rings (SSSR count). The Labute approximate surface area is 212 Å². The summed E-state index contributed by atoms with van der Waals surface area (Å²) in [5, 5.41) is 4.84. The van der Waals surface area contributed by atoms with Gasteiger partial charge in [-0.3, -0.25) is 14.3 Å². The van der Waals surface area contributed by atoms with Gasteiger partial charge in [-0.05, 0) is 56.6 Å². The van der Waals surface area contributed by atoms with Crippen molar-refractivity contribution in [1.82, 2.24) is 24.5 Å². The van der Waals surface area contributed by atoms with Crippen LogP contribution in [-0.2, 0) is 23.1 Å². The molecule has 2 fully saturated rings. The van der Waals surface area contributed by atoms with Crippen molar-refractivity contribution in [3.63, 3.8) is 0 Å². The van der Waals surface area contributed by atoms with Crippen LogP contribution in [0.5, 0.6) is 5.75 Å². The Morgan fingerprint density at radius 2 is 1.60 bits per heavy atom. The molecule has 35 heavy (non-hydrogen) atoms. The van der Waals surface area contributed by atoms with Crippen molar-refractivity contribution in [2.45, 2.75) is 32.1 Å². The first-order valence-electron chi connectivity index (χ1n) is 12.4. The zero-order valence-corrected chi connectivity index (χ0v) is 21.5. The maximum atomic E-state index is 13.3. The number of ether oxygens (including phenoxy) is 1. The van der Waals surface area contributed by atoms with E-state index in [2.05, 4.69) is 17.0 Å². The number of carbonyl (C=O) groups excluding carboxylic acids is 2. The molecule has 9 heteroatoms. The Hall–Kier alpha value is -2.58. The fraction of sp³-hybridized carbons (Fsp3) is 0.577. The molecular weight excluding hydrogens is 466 g/mol. The highest BCUT2D eigenvalue weighted by molar-refractivity contribution is 6.30. The summed E-state index contributed by atoms with van der Waals surface area (Å²) >= 11 is 6.01. The smallest absolute Gasteiger partial charge is 0.223 e. The molecule has 3 heterocycles. The van der Waals surface area contributed by atoms with E-state index >= 15 is 0 Å². The first-order valence-corrected chi connectivity index (χ1v) is 12.8. The van der Waals surface area contributed by atoms with E-state index in [1.807, 2.05) is 51.9 Å². The van der Waals surface area contributed by atoms with Crippen molar-refractivity contribution in [2.75, 3.05) is 52.9 Å². The Bertz CT molecular complexity index is 993. The number of aromatic nitrogens is 2. The molecule has 0 saturated carbocycles. The second-order valence-corrected chi connectivity index (χ2v) is 10.4. The minimum Gasteiger partial charge on any atom is -0.493 e. The van der Waals surface area contributed by atoms with E-state index in [0.717, 1.165) is 50.5 Å². The van der Waals surface area contributed by atoms with E-state index in [1.54, 1.807) is 6.20 Å². The van der Waals surface area contributed by atoms with Crippen molar-refractivity contribution in [3.8, 4) is 5.75 Å². The molecule has 0 spiro atoms. The number of halogens is 1. The monoisotopic (exact) mass is 501 g/mol. The molecule has 190 valence electrons. The van der Waals surface area contributed by atoms with Crippen LogP contribution in [0.2, 0.25) is 5.02 Å². The lowest BCUT2D eigenvalue weighted by molar-refractivity contribution is -0.139.